The molecular weight excluding hydrogens is 344 g/mol. The van der Waals surface area contributed by atoms with E-state index in [0.717, 1.165) is 22.0 Å². The minimum atomic E-state index is 0.0207. The molecular formula is C17H18N2OS3. The Bertz CT molecular complexity index is 725. The number of hydrogen-bond donors (Lipinski definition) is 0. The molecule has 0 radical (unpaired) electrons. The van der Waals surface area contributed by atoms with Crippen LogP contribution in [0.15, 0.2) is 50.9 Å². The maximum atomic E-state index is 12.9. The highest BCUT2D eigenvalue weighted by Gasteiger charge is 2.38. The molecule has 3 nitrogen and oxygen atoms in total. The van der Waals surface area contributed by atoms with Crippen molar-refractivity contribution in [3.63, 3.8) is 0 Å². The minimum Gasteiger partial charge on any atom is -0.338 e. The maximum absolute atomic E-state index is 12.9. The van der Waals surface area contributed by atoms with Crippen LogP contribution >= 0.6 is 35.7 Å². The molecule has 120 valence electrons. The van der Waals surface area contributed by atoms with Crippen LogP contribution in [0, 0.1) is 0 Å². The van der Waals surface area contributed by atoms with Crippen molar-refractivity contribution in [1.29, 1.82) is 0 Å². The SMILES string of the molecule is CCN1C(C)=C(C)S/C1=C1/SC(=S)N(Cc2ccccc2)C1=O. The second-order valence-corrected chi connectivity index (χ2v) is 8.21. The van der Waals surface area contributed by atoms with Crippen LogP contribution in [0.3, 0.4) is 0 Å². The molecule has 1 amide bonds. The molecule has 0 aromatic heterocycles. The van der Waals surface area contributed by atoms with Crippen molar-refractivity contribution in [1.82, 2.24) is 9.80 Å². The molecule has 1 aromatic rings. The second-order valence-electron chi connectivity index (χ2n) is 5.37. The Morgan fingerprint density at radius 1 is 1.09 bits per heavy atom. The highest BCUT2D eigenvalue weighted by Crippen LogP contribution is 2.47. The van der Waals surface area contributed by atoms with Gasteiger partial charge in [-0.1, -0.05) is 66.1 Å². The van der Waals surface area contributed by atoms with Crippen molar-refractivity contribution in [2.45, 2.75) is 27.3 Å². The third-order valence-electron chi connectivity index (χ3n) is 3.95. The highest BCUT2D eigenvalue weighted by molar-refractivity contribution is 8.27. The van der Waals surface area contributed by atoms with Crippen molar-refractivity contribution in [2.75, 3.05) is 6.54 Å². The van der Waals surface area contributed by atoms with E-state index in [0.29, 0.717) is 10.9 Å². The van der Waals surface area contributed by atoms with Crippen LogP contribution in [0.1, 0.15) is 26.3 Å². The van der Waals surface area contributed by atoms with Crippen molar-refractivity contribution in [2.24, 2.45) is 0 Å². The lowest BCUT2D eigenvalue weighted by Gasteiger charge is -2.20. The van der Waals surface area contributed by atoms with Crippen LogP contribution < -0.4 is 0 Å². The summed E-state index contributed by atoms with van der Waals surface area (Å²) in [6.07, 6.45) is 0. The largest absolute Gasteiger partial charge is 0.338 e. The van der Waals surface area contributed by atoms with Gasteiger partial charge in [0.15, 0.2) is 0 Å². The molecule has 0 bridgehead atoms. The van der Waals surface area contributed by atoms with E-state index in [2.05, 4.69) is 25.7 Å². The normalized spacial score (nSPS) is 21.9. The Balaban J connectivity index is 1.88. The first-order valence-corrected chi connectivity index (χ1v) is 9.51. The molecule has 0 aliphatic carbocycles. The molecule has 23 heavy (non-hydrogen) atoms. The van der Waals surface area contributed by atoms with Crippen molar-refractivity contribution >= 4 is 46.0 Å². The van der Waals surface area contributed by atoms with Gasteiger partial charge in [0.2, 0.25) is 0 Å². The zero-order valence-corrected chi connectivity index (χ0v) is 15.8. The standard InChI is InChI=1S/C17H18N2OS3/c1-4-18-11(2)12(3)22-16(18)14-15(20)19(17(21)23-14)10-13-8-6-5-7-9-13/h5-9H,4,10H2,1-3H3/b16-14+. The molecule has 2 aliphatic rings. The first kappa shape index (κ1) is 16.6. The van der Waals surface area contributed by atoms with E-state index in [1.165, 1.54) is 22.4 Å². The molecule has 1 fully saturated rings. The number of hydrogen-bond acceptors (Lipinski definition) is 5. The average Bonchev–Trinajstić information content (AvgIpc) is 2.99. The molecule has 6 heteroatoms. The number of benzene rings is 1. The third-order valence-corrected chi connectivity index (χ3v) is 6.74. The quantitative estimate of drug-likeness (QED) is 0.580. The Kier molecular flexibility index (Phi) is 4.85. The number of thioether (sulfide) groups is 2. The number of carbonyl (C=O) groups is 1. The van der Waals surface area contributed by atoms with E-state index in [-0.39, 0.29) is 5.91 Å². The van der Waals surface area contributed by atoms with Gasteiger partial charge in [-0.3, -0.25) is 9.69 Å². The average molecular weight is 363 g/mol. The summed E-state index contributed by atoms with van der Waals surface area (Å²) in [6.45, 7) is 7.69. The lowest BCUT2D eigenvalue weighted by molar-refractivity contribution is -0.122. The van der Waals surface area contributed by atoms with Crippen molar-refractivity contribution < 1.29 is 4.79 Å². The van der Waals surface area contributed by atoms with Gasteiger partial charge >= 0.3 is 0 Å². The first-order valence-electron chi connectivity index (χ1n) is 7.47. The van der Waals surface area contributed by atoms with Gasteiger partial charge in [-0.05, 0) is 26.3 Å². The number of thiocarbonyl (C=S) groups is 1. The zero-order chi connectivity index (χ0) is 16.6. The summed E-state index contributed by atoms with van der Waals surface area (Å²) < 4.78 is 0.639. The van der Waals surface area contributed by atoms with Crippen LogP contribution in [-0.4, -0.2) is 26.6 Å². The van der Waals surface area contributed by atoms with E-state index < -0.39 is 0 Å². The van der Waals surface area contributed by atoms with Gasteiger partial charge in [-0.15, -0.1) is 0 Å². The smallest absolute Gasteiger partial charge is 0.269 e. The summed E-state index contributed by atoms with van der Waals surface area (Å²) in [5, 5.41) is 1.02. The molecule has 1 aromatic carbocycles. The second kappa shape index (κ2) is 6.71. The summed E-state index contributed by atoms with van der Waals surface area (Å²) in [5.41, 5.74) is 2.31. The molecule has 0 saturated carbocycles. The topological polar surface area (TPSA) is 23.6 Å². The summed E-state index contributed by atoms with van der Waals surface area (Å²) >= 11 is 8.55. The number of allylic oxidation sites excluding steroid dienone is 2. The Hall–Kier alpha value is -1.24. The fourth-order valence-corrected chi connectivity index (χ4v) is 5.17. The summed E-state index contributed by atoms with van der Waals surface area (Å²) in [7, 11) is 0. The van der Waals surface area contributed by atoms with Crippen LogP contribution in [0.25, 0.3) is 0 Å². The van der Waals surface area contributed by atoms with E-state index in [9.17, 15) is 4.79 Å². The van der Waals surface area contributed by atoms with Gasteiger partial charge in [-0.25, -0.2) is 0 Å². The van der Waals surface area contributed by atoms with E-state index in [4.69, 9.17) is 12.2 Å². The Labute approximate surface area is 150 Å². The minimum absolute atomic E-state index is 0.0207. The van der Waals surface area contributed by atoms with Crippen molar-refractivity contribution in [3.8, 4) is 0 Å². The molecule has 2 heterocycles. The first-order chi connectivity index (χ1) is 11.0. The van der Waals surface area contributed by atoms with Gasteiger partial charge in [-0.2, -0.15) is 0 Å². The Morgan fingerprint density at radius 3 is 2.43 bits per heavy atom. The molecule has 2 aliphatic heterocycles. The van der Waals surface area contributed by atoms with Crippen LogP contribution in [-0.2, 0) is 11.3 Å². The summed E-state index contributed by atoms with van der Waals surface area (Å²) in [6, 6.07) is 9.97. The molecule has 0 atom stereocenters. The maximum Gasteiger partial charge on any atom is 0.269 e. The third kappa shape index (κ3) is 3.07. The monoisotopic (exact) mass is 362 g/mol. The predicted octanol–water partition coefficient (Wildman–Crippen LogP) is 4.54. The molecule has 0 spiro atoms. The molecule has 1 saturated heterocycles. The number of rotatable bonds is 3. The fraction of sp³-hybridized carbons (Fsp3) is 0.294. The van der Waals surface area contributed by atoms with Crippen LogP contribution in [0.5, 0.6) is 0 Å². The van der Waals surface area contributed by atoms with E-state index in [1.807, 2.05) is 30.3 Å². The predicted molar refractivity (Wildman–Crippen MR) is 103 cm³/mol. The van der Waals surface area contributed by atoms with Gasteiger partial charge in [0.25, 0.3) is 5.91 Å². The van der Waals surface area contributed by atoms with Gasteiger partial charge < -0.3 is 4.90 Å². The van der Waals surface area contributed by atoms with Crippen LogP contribution in [0.4, 0.5) is 0 Å². The highest BCUT2D eigenvalue weighted by atomic mass is 32.2. The molecule has 0 N–H and O–H groups in total. The molecule has 0 unspecified atom stereocenters. The lowest BCUT2D eigenvalue weighted by Crippen LogP contribution is -2.28. The van der Waals surface area contributed by atoms with Gasteiger partial charge in [0.1, 0.15) is 9.23 Å². The fourth-order valence-electron chi connectivity index (χ4n) is 2.60. The van der Waals surface area contributed by atoms with Gasteiger partial charge in [0.05, 0.1) is 11.6 Å². The lowest BCUT2D eigenvalue weighted by atomic mass is 10.2. The van der Waals surface area contributed by atoms with E-state index in [1.54, 1.807) is 16.7 Å². The van der Waals surface area contributed by atoms with Crippen LogP contribution in [0.2, 0.25) is 0 Å². The van der Waals surface area contributed by atoms with Crippen molar-refractivity contribution in [3.05, 3.63) is 56.4 Å². The number of carbonyl (C=O) groups excluding carboxylic acids is 1. The van der Waals surface area contributed by atoms with E-state index >= 15 is 0 Å². The number of amides is 1. The summed E-state index contributed by atoms with van der Waals surface area (Å²) in [5.74, 6) is 0.0207. The molecule has 3 rings (SSSR count). The summed E-state index contributed by atoms with van der Waals surface area (Å²) in [4.78, 5) is 18.8. The Morgan fingerprint density at radius 2 is 1.78 bits per heavy atom. The number of nitrogens with zero attached hydrogens (tertiary/aromatic N) is 2. The van der Waals surface area contributed by atoms with Gasteiger partial charge in [0, 0.05) is 17.1 Å². The zero-order valence-electron chi connectivity index (χ0n) is 13.3.